The molecule has 0 aromatic carbocycles. The minimum absolute atomic E-state index is 0. The molecule has 4 heterocycles. The molecule has 0 aromatic heterocycles. The Bertz CT molecular complexity index is 841. The highest BCUT2D eigenvalue weighted by atomic mass is 32.2. The number of esters is 2. The highest BCUT2D eigenvalue weighted by Crippen LogP contribution is 2.19. The van der Waals surface area contributed by atoms with Gasteiger partial charge < -0.3 is 34.5 Å². The van der Waals surface area contributed by atoms with Crippen molar-refractivity contribution in [2.45, 2.75) is 19.5 Å². The summed E-state index contributed by atoms with van der Waals surface area (Å²) in [6.45, 7) is 5.13. The van der Waals surface area contributed by atoms with E-state index in [4.69, 9.17) is 9.47 Å². The summed E-state index contributed by atoms with van der Waals surface area (Å²) in [6, 6.07) is -1.50. The zero-order valence-electron chi connectivity index (χ0n) is 21.4. The Morgan fingerprint density at radius 1 is 0.846 bits per heavy atom. The van der Waals surface area contributed by atoms with Gasteiger partial charge in [0, 0.05) is 37.7 Å². The highest BCUT2D eigenvalue weighted by Gasteiger charge is 2.42. The van der Waals surface area contributed by atoms with Crippen LogP contribution in [0.4, 0.5) is 0 Å². The minimum atomic E-state index is -1.04. The number of carbonyl (C=O) groups is 6. The Balaban J connectivity index is 0.000000350. The average molecular weight is 595 g/mol. The van der Waals surface area contributed by atoms with Crippen LogP contribution in [0, 0.1) is 0 Å². The number of morpholine rings is 2. The summed E-state index contributed by atoms with van der Waals surface area (Å²) in [5, 5.41) is 5.69. The van der Waals surface area contributed by atoms with Crippen LogP contribution in [0.2, 0.25) is 0 Å². The molecule has 0 aromatic rings. The summed E-state index contributed by atoms with van der Waals surface area (Å²) in [4.78, 5) is 71.8. The number of amides is 4. The third kappa shape index (κ3) is 11.3. The van der Waals surface area contributed by atoms with Crippen molar-refractivity contribution >= 4 is 59.1 Å². The van der Waals surface area contributed by atoms with Gasteiger partial charge in [-0.05, 0) is 0 Å². The fourth-order valence-corrected chi connectivity index (χ4v) is 5.26. The normalized spacial score (nSPS) is 22.8. The van der Waals surface area contributed by atoms with Gasteiger partial charge >= 0.3 is 23.8 Å². The first-order valence-electron chi connectivity index (χ1n) is 11.9. The number of nitrogens with one attached hydrogen (secondary N) is 2. The summed E-state index contributed by atoms with van der Waals surface area (Å²) in [7, 11) is 2.49. The Hall–Kier alpha value is -2.40. The Labute approximate surface area is 236 Å². The first-order chi connectivity index (χ1) is 18.3. The maximum atomic E-state index is 12.3. The number of nitrogens with zero attached hydrogens (tertiary/aromatic N) is 2. The molecule has 4 fully saturated rings. The topological polar surface area (TPSA) is 170 Å². The lowest BCUT2D eigenvalue weighted by atomic mass is 10.2. The molecule has 4 rings (SSSR count). The number of imide groups is 1. The molecule has 4 aliphatic heterocycles. The fraction of sp³-hybridized carbons (Fsp3) is 0.739. The van der Waals surface area contributed by atoms with Crippen LogP contribution >= 0.6 is 23.5 Å². The summed E-state index contributed by atoms with van der Waals surface area (Å²) in [5.74, 6) is -2.12. The van der Waals surface area contributed by atoms with E-state index < -0.39 is 35.8 Å². The van der Waals surface area contributed by atoms with Crippen molar-refractivity contribution in [2.24, 2.45) is 0 Å². The molecule has 39 heavy (non-hydrogen) atoms. The van der Waals surface area contributed by atoms with Gasteiger partial charge in [-0.1, -0.05) is 7.43 Å². The van der Waals surface area contributed by atoms with Crippen LogP contribution in [-0.2, 0) is 47.7 Å². The maximum Gasteiger partial charge on any atom is 0.329 e. The molecule has 4 aliphatic rings. The summed E-state index contributed by atoms with van der Waals surface area (Å²) >= 11 is 2.68. The van der Waals surface area contributed by atoms with Crippen LogP contribution < -0.4 is 10.6 Å². The number of rotatable bonds is 2. The fourth-order valence-electron chi connectivity index (χ4n) is 3.48. The van der Waals surface area contributed by atoms with E-state index in [0.717, 1.165) is 31.2 Å². The van der Waals surface area contributed by atoms with Gasteiger partial charge in [-0.25, -0.2) is 9.59 Å². The Kier molecular flexibility index (Phi) is 16.7. The molecule has 2 unspecified atom stereocenters. The molecule has 2 atom stereocenters. The van der Waals surface area contributed by atoms with Gasteiger partial charge in [0.1, 0.15) is 12.1 Å². The molecule has 0 spiro atoms. The number of thioether (sulfide) groups is 2. The Morgan fingerprint density at radius 2 is 1.44 bits per heavy atom. The van der Waals surface area contributed by atoms with Crippen LogP contribution in [0.5, 0.6) is 0 Å². The van der Waals surface area contributed by atoms with E-state index in [1.807, 2.05) is 0 Å². The van der Waals surface area contributed by atoms with Crippen molar-refractivity contribution in [2.75, 3.05) is 89.8 Å². The van der Waals surface area contributed by atoms with Gasteiger partial charge in [0.05, 0.1) is 52.2 Å². The molecule has 4 saturated heterocycles. The van der Waals surface area contributed by atoms with E-state index in [0.29, 0.717) is 37.8 Å². The van der Waals surface area contributed by atoms with E-state index >= 15 is 0 Å². The second-order valence-corrected chi connectivity index (χ2v) is 10.1. The average Bonchev–Trinajstić information content (AvgIpc) is 2.97. The zero-order valence-corrected chi connectivity index (χ0v) is 23.1. The van der Waals surface area contributed by atoms with Crippen molar-refractivity contribution in [3.63, 3.8) is 0 Å². The smallest absolute Gasteiger partial charge is 0.329 e. The number of hydrogen-bond acceptors (Lipinski definition) is 13. The van der Waals surface area contributed by atoms with Crippen LogP contribution in [0.3, 0.4) is 0 Å². The second kappa shape index (κ2) is 18.8. The van der Waals surface area contributed by atoms with Crippen LogP contribution in [-0.4, -0.2) is 147 Å². The molecule has 14 nitrogen and oxygen atoms in total. The van der Waals surface area contributed by atoms with Crippen molar-refractivity contribution in [1.29, 1.82) is 0 Å². The molecule has 16 heteroatoms. The van der Waals surface area contributed by atoms with Gasteiger partial charge in [-0.15, -0.1) is 23.5 Å². The van der Waals surface area contributed by atoms with E-state index in [1.165, 1.54) is 42.6 Å². The lowest BCUT2D eigenvalue weighted by molar-refractivity contribution is -0.164. The van der Waals surface area contributed by atoms with E-state index in [9.17, 15) is 28.8 Å². The third-order valence-electron chi connectivity index (χ3n) is 5.44. The maximum absolute atomic E-state index is 12.3. The monoisotopic (exact) mass is 594 g/mol. The SMILES string of the molecule is C.C1COCCN1.COC(=O)C1CSCC(=O)N1.COC(=O)C1CSCC(=O)N1C(=O)C(=O)N1CCOCC1. The van der Waals surface area contributed by atoms with Crippen molar-refractivity contribution in [1.82, 2.24) is 20.4 Å². The number of carbonyl (C=O) groups excluding carboxylic acids is 6. The standard InChI is InChI=1S/C12H16N2O6S.C6H9NO3S.C4H9NO.CH4/c1-19-12(18)8-6-21-7-9(15)14(8)11(17)10(16)13-2-4-20-5-3-13;1-10-6(9)4-2-11-3-5(8)7-4;1-3-6-4-2-5-1;/h8H,2-7H2,1H3;4H,2-3H2,1H3,(H,7,8);5H,1-4H2;1H4. The van der Waals surface area contributed by atoms with Crippen LogP contribution in [0.25, 0.3) is 0 Å². The summed E-state index contributed by atoms with van der Waals surface area (Å²) in [6.07, 6.45) is 0. The van der Waals surface area contributed by atoms with Crippen molar-refractivity contribution in [3.05, 3.63) is 0 Å². The molecule has 222 valence electrons. The summed E-state index contributed by atoms with van der Waals surface area (Å²) in [5.41, 5.74) is 0. The number of methoxy groups -OCH3 is 2. The molecule has 0 radical (unpaired) electrons. The Morgan fingerprint density at radius 3 is 1.95 bits per heavy atom. The van der Waals surface area contributed by atoms with Crippen LogP contribution in [0.1, 0.15) is 7.43 Å². The minimum Gasteiger partial charge on any atom is -0.467 e. The highest BCUT2D eigenvalue weighted by molar-refractivity contribution is 8.00. The lowest BCUT2D eigenvalue weighted by Crippen LogP contribution is -2.58. The molecular weight excluding hydrogens is 556 g/mol. The second-order valence-electron chi connectivity index (χ2n) is 8.05. The van der Waals surface area contributed by atoms with E-state index in [2.05, 4.69) is 20.1 Å². The first kappa shape index (κ1) is 34.6. The van der Waals surface area contributed by atoms with E-state index in [-0.39, 0.29) is 30.8 Å². The first-order valence-corrected chi connectivity index (χ1v) is 14.2. The number of hydrogen-bond donors (Lipinski definition) is 2. The van der Waals surface area contributed by atoms with Gasteiger partial charge in [0.2, 0.25) is 11.8 Å². The molecule has 0 aliphatic carbocycles. The van der Waals surface area contributed by atoms with Gasteiger partial charge in [0.15, 0.2) is 0 Å². The summed E-state index contributed by atoms with van der Waals surface area (Å²) < 4.78 is 19.2. The van der Waals surface area contributed by atoms with Gasteiger partial charge in [0.25, 0.3) is 0 Å². The number of ether oxygens (including phenoxy) is 4. The largest absolute Gasteiger partial charge is 0.467 e. The molecule has 2 N–H and O–H groups in total. The van der Waals surface area contributed by atoms with Crippen molar-refractivity contribution in [3.8, 4) is 0 Å². The molecule has 0 bridgehead atoms. The predicted octanol–water partition coefficient (Wildman–Crippen LogP) is -1.88. The lowest BCUT2D eigenvalue weighted by Gasteiger charge is -2.33. The molecule has 4 amide bonds. The van der Waals surface area contributed by atoms with E-state index in [1.54, 1.807) is 0 Å². The van der Waals surface area contributed by atoms with Gasteiger partial charge in [-0.2, -0.15) is 0 Å². The van der Waals surface area contributed by atoms with Crippen LogP contribution in [0.15, 0.2) is 0 Å². The molecule has 0 saturated carbocycles. The third-order valence-corrected chi connectivity index (χ3v) is 7.48. The van der Waals surface area contributed by atoms with Gasteiger partial charge in [-0.3, -0.25) is 24.1 Å². The predicted molar refractivity (Wildman–Crippen MR) is 144 cm³/mol. The molecular formula is C23H38N4O10S2. The zero-order chi connectivity index (χ0) is 27.9. The quantitative estimate of drug-likeness (QED) is 0.269. The van der Waals surface area contributed by atoms with Crippen molar-refractivity contribution < 1.29 is 47.7 Å².